The number of carbonyl (C=O) groups is 1. The van der Waals surface area contributed by atoms with Crippen molar-refractivity contribution in [1.29, 1.82) is 0 Å². The molecule has 1 aromatic carbocycles. The van der Waals surface area contributed by atoms with Crippen molar-refractivity contribution >= 4 is 11.7 Å². The van der Waals surface area contributed by atoms with Crippen LogP contribution >= 0.6 is 0 Å². The van der Waals surface area contributed by atoms with E-state index in [2.05, 4.69) is 25.3 Å². The van der Waals surface area contributed by atoms with E-state index in [0.29, 0.717) is 23.0 Å². The molecular formula is C21H17N5O2. The fourth-order valence-electron chi connectivity index (χ4n) is 2.84. The third-order valence-electron chi connectivity index (χ3n) is 4.35. The summed E-state index contributed by atoms with van der Waals surface area (Å²) in [6.45, 7) is 3.83. The lowest BCUT2D eigenvalue weighted by Gasteiger charge is -2.09. The Balaban J connectivity index is 1.58. The zero-order chi connectivity index (χ0) is 19.5. The predicted molar refractivity (Wildman–Crippen MR) is 105 cm³/mol. The Morgan fingerprint density at radius 1 is 0.964 bits per heavy atom. The van der Waals surface area contributed by atoms with Crippen LogP contribution in [0.3, 0.4) is 0 Å². The average Bonchev–Trinajstić information content (AvgIpc) is 3.24. The highest BCUT2D eigenvalue weighted by molar-refractivity contribution is 6.04. The van der Waals surface area contributed by atoms with Crippen molar-refractivity contribution in [2.75, 3.05) is 5.32 Å². The van der Waals surface area contributed by atoms with Crippen LogP contribution in [0.4, 0.5) is 5.82 Å². The molecule has 0 unspecified atom stereocenters. The molecule has 0 bridgehead atoms. The van der Waals surface area contributed by atoms with Gasteiger partial charge < -0.3 is 9.73 Å². The molecule has 0 spiro atoms. The summed E-state index contributed by atoms with van der Waals surface area (Å²) in [5, 5.41) is 2.76. The van der Waals surface area contributed by atoms with Crippen molar-refractivity contribution in [3.8, 4) is 22.7 Å². The molecule has 3 aromatic heterocycles. The first-order valence-corrected chi connectivity index (χ1v) is 8.67. The third kappa shape index (κ3) is 3.50. The van der Waals surface area contributed by atoms with Crippen LogP contribution in [-0.2, 0) is 0 Å². The number of oxazole rings is 1. The molecule has 7 heteroatoms. The largest absolute Gasteiger partial charge is 0.445 e. The molecule has 1 amide bonds. The van der Waals surface area contributed by atoms with Gasteiger partial charge in [-0.25, -0.2) is 9.97 Å². The number of hydrogen-bond acceptors (Lipinski definition) is 6. The maximum atomic E-state index is 12.4. The number of hydrogen-bond donors (Lipinski definition) is 1. The highest BCUT2D eigenvalue weighted by Crippen LogP contribution is 2.27. The van der Waals surface area contributed by atoms with E-state index in [-0.39, 0.29) is 5.91 Å². The highest BCUT2D eigenvalue weighted by atomic mass is 16.3. The molecule has 0 aliphatic carbocycles. The number of rotatable bonds is 4. The molecule has 7 nitrogen and oxygen atoms in total. The van der Waals surface area contributed by atoms with E-state index in [0.717, 1.165) is 22.3 Å². The summed E-state index contributed by atoms with van der Waals surface area (Å²) in [6, 6.07) is 7.57. The molecule has 0 saturated heterocycles. The number of nitrogens with one attached hydrogen (secondary N) is 1. The van der Waals surface area contributed by atoms with Crippen molar-refractivity contribution < 1.29 is 9.21 Å². The first-order valence-electron chi connectivity index (χ1n) is 8.67. The molecule has 0 fully saturated rings. The van der Waals surface area contributed by atoms with Crippen LogP contribution in [-0.4, -0.2) is 25.8 Å². The Labute approximate surface area is 161 Å². The summed E-state index contributed by atoms with van der Waals surface area (Å²) < 4.78 is 5.37. The SMILES string of the molecule is Cc1cnccc1C(=O)Nc1cnc(-c2cc(-c3ncco3)ccc2C)cn1. The lowest BCUT2D eigenvalue weighted by atomic mass is 10.0. The van der Waals surface area contributed by atoms with Crippen LogP contribution in [0.5, 0.6) is 0 Å². The lowest BCUT2D eigenvalue weighted by molar-refractivity contribution is 0.102. The molecular weight excluding hydrogens is 354 g/mol. The van der Waals surface area contributed by atoms with Gasteiger partial charge >= 0.3 is 0 Å². The van der Waals surface area contributed by atoms with Crippen molar-refractivity contribution in [3.63, 3.8) is 0 Å². The van der Waals surface area contributed by atoms with Crippen LogP contribution in [0.25, 0.3) is 22.7 Å². The fraction of sp³-hybridized carbons (Fsp3) is 0.0952. The van der Waals surface area contributed by atoms with E-state index in [9.17, 15) is 4.79 Å². The molecule has 1 N–H and O–H groups in total. The molecule has 28 heavy (non-hydrogen) atoms. The Morgan fingerprint density at radius 2 is 1.86 bits per heavy atom. The maximum Gasteiger partial charge on any atom is 0.257 e. The summed E-state index contributed by atoms with van der Waals surface area (Å²) in [5.74, 6) is 0.682. The van der Waals surface area contributed by atoms with E-state index >= 15 is 0 Å². The number of benzene rings is 1. The summed E-state index contributed by atoms with van der Waals surface area (Å²) in [7, 11) is 0. The predicted octanol–water partition coefficient (Wildman–Crippen LogP) is 4.06. The van der Waals surface area contributed by atoms with Gasteiger partial charge in [0.1, 0.15) is 6.26 Å². The standard InChI is InChI=1S/C21H17N5O2/c1-13-3-4-15(21-23-7-8-28-21)9-17(13)18-11-25-19(12-24-18)26-20(27)16-5-6-22-10-14(16)2/h3-12H,1-2H3,(H,25,26,27). The molecule has 0 radical (unpaired) electrons. The van der Waals surface area contributed by atoms with Gasteiger partial charge in [0.25, 0.3) is 5.91 Å². The Hall–Kier alpha value is -3.87. The first kappa shape index (κ1) is 17.5. The summed E-state index contributed by atoms with van der Waals surface area (Å²) in [6.07, 6.45) is 9.55. The molecule has 4 rings (SSSR count). The average molecular weight is 371 g/mol. The zero-order valence-corrected chi connectivity index (χ0v) is 15.4. The minimum atomic E-state index is -0.246. The monoisotopic (exact) mass is 371 g/mol. The number of nitrogens with zero attached hydrogens (tertiary/aromatic N) is 4. The number of anilines is 1. The number of amides is 1. The summed E-state index contributed by atoms with van der Waals surface area (Å²) >= 11 is 0. The first-order chi connectivity index (χ1) is 13.6. The van der Waals surface area contributed by atoms with E-state index in [1.165, 1.54) is 6.26 Å². The summed E-state index contributed by atoms with van der Waals surface area (Å²) in [4.78, 5) is 29.4. The number of aryl methyl sites for hydroxylation is 2. The third-order valence-corrected chi connectivity index (χ3v) is 4.35. The van der Waals surface area contributed by atoms with Crippen LogP contribution in [0.15, 0.2) is 65.9 Å². The normalized spacial score (nSPS) is 10.6. The van der Waals surface area contributed by atoms with Crippen LogP contribution in [0.1, 0.15) is 21.5 Å². The van der Waals surface area contributed by atoms with Crippen molar-refractivity contribution in [2.45, 2.75) is 13.8 Å². The number of pyridine rings is 1. The number of carbonyl (C=O) groups excluding carboxylic acids is 1. The zero-order valence-electron chi connectivity index (χ0n) is 15.4. The molecule has 0 aliphatic heterocycles. The molecule has 0 aliphatic rings. The van der Waals surface area contributed by atoms with Gasteiger partial charge in [-0.05, 0) is 43.2 Å². The minimum Gasteiger partial charge on any atom is -0.445 e. The van der Waals surface area contributed by atoms with Crippen molar-refractivity contribution in [3.05, 3.63) is 78.2 Å². The van der Waals surface area contributed by atoms with Gasteiger partial charge in [0.2, 0.25) is 5.89 Å². The smallest absolute Gasteiger partial charge is 0.257 e. The van der Waals surface area contributed by atoms with Gasteiger partial charge in [-0.15, -0.1) is 0 Å². The van der Waals surface area contributed by atoms with E-state index in [1.54, 1.807) is 37.1 Å². The molecule has 0 saturated carbocycles. The second-order valence-corrected chi connectivity index (χ2v) is 6.30. The van der Waals surface area contributed by atoms with Gasteiger partial charge in [-0.1, -0.05) is 6.07 Å². The fourth-order valence-corrected chi connectivity index (χ4v) is 2.84. The van der Waals surface area contributed by atoms with Crippen molar-refractivity contribution in [1.82, 2.24) is 19.9 Å². The second-order valence-electron chi connectivity index (χ2n) is 6.30. The molecule has 138 valence electrons. The number of aromatic nitrogens is 4. The quantitative estimate of drug-likeness (QED) is 0.581. The Morgan fingerprint density at radius 3 is 2.57 bits per heavy atom. The van der Waals surface area contributed by atoms with E-state index < -0.39 is 0 Å². The van der Waals surface area contributed by atoms with Crippen LogP contribution in [0, 0.1) is 13.8 Å². The maximum absolute atomic E-state index is 12.4. The van der Waals surface area contributed by atoms with Gasteiger partial charge in [-0.3, -0.25) is 14.8 Å². The Kier molecular flexibility index (Phi) is 4.63. The highest BCUT2D eigenvalue weighted by Gasteiger charge is 2.12. The van der Waals surface area contributed by atoms with Crippen LogP contribution in [0.2, 0.25) is 0 Å². The van der Waals surface area contributed by atoms with Gasteiger partial charge in [0.05, 0.1) is 24.3 Å². The van der Waals surface area contributed by atoms with Crippen LogP contribution < -0.4 is 5.32 Å². The van der Waals surface area contributed by atoms with E-state index in [4.69, 9.17) is 4.42 Å². The van der Waals surface area contributed by atoms with Crippen molar-refractivity contribution in [2.24, 2.45) is 0 Å². The molecule has 0 atom stereocenters. The van der Waals surface area contributed by atoms with Gasteiger partial charge in [0, 0.05) is 29.1 Å². The lowest BCUT2D eigenvalue weighted by Crippen LogP contribution is -2.14. The van der Waals surface area contributed by atoms with E-state index in [1.807, 2.05) is 32.0 Å². The van der Waals surface area contributed by atoms with Gasteiger partial charge in [0.15, 0.2) is 5.82 Å². The molecule has 4 aromatic rings. The molecule has 3 heterocycles. The topological polar surface area (TPSA) is 93.8 Å². The second kappa shape index (κ2) is 7.40. The Bertz CT molecular complexity index is 1120. The minimum absolute atomic E-state index is 0.246. The summed E-state index contributed by atoms with van der Waals surface area (Å²) in [5.41, 5.74) is 4.88. The van der Waals surface area contributed by atoms with Gasteiger partial charge in [-0.2, -0.15) is 0 Å².